The first kappa shape index (κ1) is 30.8. The molecule has 0 aliphatic carbocycles. The molecular formula is C35H33ClF2N2O6. The van der Waals surface area contributed by atoms with Crippen molar-refractivity contribution in [3.63, 3.8) is 0 Å². The van der Waals surface area contributed by atoms with Crippen LogP contribution in [0.1, 0.15) is 35.3 Å². The van der Waals surface area contributed by atoms with E-state index in [1.54, 1.807) is 78.5 Å². The summed E-state index contributed by atoms with van der Waals surface area (Å²) in [5.41, 5.74) is 2.10. The summed E-state index contributed by atoms with van der Waals surface area (Å²) < 4.78 is 56.0. The first-order chi connectivity index (χ1) is 22.2. The van der Waals surface area contributed by atoms with Crippen molar-refractivity contribution in [1.82, 2.24) is 9.47 Å². The molecule has 0 unspecified atom stereocenters. The molecule has 0 bridgehead atoms. The summed E-state index contributed by atoms with van der Waals surface area (Å²) in [4.78, 5) is 27.9. The van der Waals surface area contributed by atoms with E-state index in [0.717, 1.165) is 0 Å². The van der Waals surface area contributed by atoms with Crippen molar-refractivity contribution in [2.45, 2.75) is 56.5 Å². The SMILES string of the molecule is CO[C@@H]1CO[C@H]2[C@@H]1OC[C@H]2Oc1ccc2c(c1)c(C(C)=O)cn2CC(=O)N1C[C@H](F)C[C@H]1c1cccc(-c2ccccc2Cl)c1F. The fraction of sp³-hybridized carbons (Fsp3) is 0.371. The summed E-state index contributed by atoms with van der Waals surface area (Å²) in [6.45, 7) is 1.91. The van der Waals surface area contributed by atoms with Crippen LogP contribution in [0.3, 0.4) is 0 Å². The molecule has 11 heteroatoms. The highest BCUT2D eigenvalue weighted by Crippen LogP contribution is 2.40. The van der Waals surface area contributed by atoms with Crippen LogP contribution in [0, 0.1) is 5.82 Å². The van der Waals surface area contributed by atoms with Crippen molar-refractivity contribution in [1.29, 1.82) is 0 Å². The average Bonchev–Trinajstić information content (AvgIpc) is 3.81. The van der Waals surface area contributed by atoms with Crippen LogP contribution in [0.4, 0.5) is 8.78 Å². The van der Waals surface area contributed by atoms with E-state index >= 15 is 4.39 Å². The van der Waals surface area contributed by atoms with Gasteiger partial charge in [0.2, 0.25) is 5.91 Å². The van der Waals surface area contributed by atoms with Crippen LogP contribution in [0.15, 0.2) is 66.9 Å². The van der Waals surface area contributed by atoms with E-state index in [1.807, 2.05) is 0 Å². The topological polar surface area (TPSA) is 79.2 Å². The number of hydrogen-bond donors (Lipinski definition) is 0. The van der Waals surface area contributed by atoms with E-state index in [1.165, 1.54) is 11.8 Å². The Kier molecular flexibility index (Phi) is 8.31. The molecule has 3 saturated heterocycles. The molecule has 8 nitrogen and oxygen atoms in total. The molecule has 4 aromatic rings. The van der Waals surface area contributed by atoms with Crippen LogP contribution in [-0.4, -0.2) is 78.6 Å². The van der Waals surface area contributed by atoms with Gasteiger partial charge in [-0.25, -0.2) is 8.78 Å². The quantitative estimate of drug-likeness (QED) is 0.212. The molecule has 6 atom stereocenters. The zero-order valence-electron chi connectivity index (χ0n) is 25.3. The van der Waals surface area contributed by atoms with E-state index < -0.39 is 18.0 Å². The van der Waals surface area contributed by atoms with E-state index in [4.69, 9.17) is 30.5 Å². The van der Waals surface area contributed by atoms with Crippen molar-refractivity contribution in [3.8, 4) is 16.9 Å². The van der Waals surface area contributed by atoms with Gasteiger partial charge in [-0.2, -0.15) is 0 Å². The fourth-order valence-corrected chi connectivity index (χ4v) is 7.19. The zero-order chi connectivity index (χ0) is 32.1. The van der Waals surface area contributed by atoms with Crippen LogP contribution in [0.25, 0.3) is 22.0 Å². The Morgan fingerprint density at radius 3 is 2.50 bits per heavy atom. The van der Waals surface area contributed by atoms with Crippen LogP contribution in [-0.2, 0) is 25.5 Å². The Balaban J connectivity index is 1.14. The molecule has 3 fully saturated rings. The van der Waals surface area contributed by atoms with E-state index in [9.17, 15) is 14.0 Å². The highest BCUT2D eigenvalue weighted by Gasteiger charge is 2.49. The molecule has 0 spiro atoms. The molecular weight excluding hydrogens is 618 g/mol. The van der Waals surface area contributed by atoms with Gasteiger partial charge in [0.05, 0.1) is 25.8 Å². The number of fused-ring (bicyclic) bond motifs is 2. The third-order valence-electron chi connectivity index (χ3n) is 9.21. The number of Topliss-reactive ketones (excluding diaryl/α,β-unsaturated/α-hetero) is 1. The third-order valence-corrected chi connectivity index (χ3v) is 9.54. The van der Waals surface area contributed by atoms with Gasteiger partial charge >= 0.3 is 0 Å². The molecule has 0 N–H and O–H groups in total. The second-order valence-electron chi connectivity index (χ2n) is 12.0. The number of ether oxygens (including phenoxy) is 4. The lowest BCUT2D eigenvalue weighted by atomic mass is 9.97. The predicted octanol–water partition coefficient (Wildman–Crippen LogP) is 6.18. The summed E-state index contributed by atoms with van der Waals surface area (Å²) in [6, 6.07) is 16.4. The van der Waals surface area contributed by atoms with Gasteiger partial charge in [-0.1, -0.05) is 48.0 Å². The molecule has 46 heavy (non-hydrogen) atoms. The normalized spacial score (nSPS) is 25.7. The van der Waals surface area contributed by atoms with Gasteiger partial charge in [0.15, 0.2) is 11.9 Å². The summed E-state index contributed by atoms with van der Waals surface area (Å²) in [5.74, 6) is -0.571. The minimum absolute atomic E-state index is 0.0258. The Labute approximate surface area is 269 Å². The van der Waals surface area contributed by atoms with Gasteiger partial charge in [-0.15, -0.1) is 0 Å². The minimum atomic E-state index is -1.31. The van der Waals surface area contributed by atoms with Crippen molar-refractivity contribution >= 4 is 34.2 Å². The second-order valence-corrected chi connectivity index (χ2v) is 12.4. The van der Waals surface area contributed by atoms with E-state index in [0.29, 0.717) is 46.0 Å². The van der Waals surface area contributed by atoms with Crippen LogP contribution in [0.2, 0.25) is 5.02 Å². The number of ketones is 1. The standard InChI is InChI=1S/C35H33ClF2N2O6/c1-19(41)26-15-39(28-11-10-21(13-25(26)28)46-31-18-45-34-30(43-2)17-44-35(31)34)16-32(42)40-14-20(37)12-29(40)24-8-5-7-23(33(24)38)22-6-3-4-9-27(22)36/h3-11,13,15,20,29-31,34-35H,12,14,16-18H2,1-2H3/t20-,29+,30-,31-,34-,35-/m1/s1. The van der Waals surface area contributed by atoms with Gasteiger partial charge in [-0.05, 0) is 31.2 Å². The summed E-state index contributed by atoms with van der Waals surface area (Å²) >= 11 is 6.35. The number of carbonyl (C=O) groups excluding carboxylic acids is 2. The van der Waals surface area contributed by atoms with Gasteiger partial charge in [0.25, 0.3) is 0 Å². The molecule has 3 aliphatic rings. The van der Waals surface area contributed by atoms with Crippen molar-refractivity contribution in [3.05, 3.63) is 88.8 Å². The number of aromatic nitrogens is 1. The maximum Gasteiger partial charge on any atom is 0.243 e. The third kappa shape index (κ3) is 5.47. The Morgan fingerprint density at radius 1 is 1.00 bits per heavy atom. The zero-order valence-corrected chi connectivity index (χ0v) is 26.1. The lowest BCUT2D eigenvalue weighted by Gasteiger charge is -2.26. The second kappa shape index (κ2) is 12.4. The molecule has 4 heterocycles. The minimum Gasteiger partial charge on any atom is -0.485 e. The number of carbonyl (C=O) groups is 2. The number of methoxy groups -OCH3 is 1. The molecule has 1 aromatic heterocycles. The fourth-order valence-electron chi connectivity index (χ4n) is 6.95. The van der Waals surface area contributed by atoms with Gasteiger partial charge < -0.3 is 28.4 Å². The molecule has 0 radical (unpaired) electrons. The molecule has 3 aliphatic heterocycles. The maximum absolute atomic E-state index is 16.0. The molecule has 1 amide bonds. The number of hydrogen-bond acceptors (Lipinski definition) is 6. The van der Waals surface area contributed by atoms with Crippen molar-refractivity contribution in [2.75, 3.05) is 26.9 Å². The lowest BCUT2D eigenvalue weighted by Crippen LogP contribution is -2.35. The molecule has 3 aromatic carbocycles. The van der Waals surface area contributed by atoms with Gasteiger partial charge in [-0.3, -0.25) is 9.59 Å². The van der Waals surface area contributed by atoms with Crippen molar-refractivity contribution < 1.29 is 37.3 Å². The highest BCUT2D eigenvalue weighted by atomic mass is 35.5. The average molecular weight is 651 g/mol. The maximum atomic E-state index is 16.0. The highest BCUT2D eigenvalue weighted by molar-refractivity contribution is 6.33. The number of amides is 1. The first-order valence-corrected chi connectivity index (χ1v) is 15.6. The first-order valence-electron chi connectivity index (χ1n) is 15.3. The summed E-state index contributed by atoms with van der Waals surface area (Å²) in [5, 5.41) is 1.01. The number of benzene rings is 3. The largest absolute Gasteiger partial charge is 0.485 e. The number of halogens is 3. The lowest BCUT2D eigenvalue weighted by molar-refractivity contribution is -0.132. The predicted molar refractivity (Wildman–Crippen MR) is 167 cm³/mol. The van der Waals surface area contributed by atoms with Crippen LogP contribution < -0.4 is 4.74 Å². The van der Waals surface area contributed by atoms with Crippen LogP contribution >= 0.6 is 11.6 Å². The van der Waals surface area contributed by atoms with Gasteiger partial charge in [0, 0.05) is 57.9 Å². The number of likely N-dealkylation sites (tertiary alicyclic amines) is 1. The summed E-state index contributed by atoms with van der Waals surface area (Å²) in [6.07, 6.45) is -0.673. The Morgan fingerprint density at radius 2 is 1.74 bits per heavy atom. The van der Waals surface area contributed by atoms with Crippen molar-refractivity contribution in [2.24, 2.45) is 0 Å². The molecule has 0 saturated carbocycles. The smallest absolute Gasteiger partial charge is 0.243 e. The number of alkyl halides is 1. The Bertz CT molecular complexity index is 1810. The van der Waals surface area contributed by atoms with Gasteiger partial charge in [0.1, 0.15) is 42.6 Å². The monoisotopic (exact) mass is 650 g/mol. The molecule has 7 rings (SSSR count). The number of rotatable bonds is 8. The van der Waals surface area contributed by atoms with Crippen LogP contribution in [0.5, 0.6) is 5.75 Å². The molecule has 240 valence electrons. The van der Waals surface area contributed by atoms with E-state index in [2.05, 4.69) is 0 Å². The Hall–Kier alpha value is -3.83. The summed E-state index contributed by atoms with van der Waals surface area (Å²) in [7, 11) is 1.62. The van der Waals surface area contributed by atoms with E-state index in [-0.39, 0.29) is 66.7 Å². The number of nitrogens with zero attached hydrogens (tertiary/aromatic N) is 2.